The third-order valence-corrected chi connectivity index (χ3v) is 4.01. The third-order valence-electron chi connectivity index (χ3n) is 4.01. The number of rotatable bonds is 3. The summed E-state index contributed by atoms with van der Waals surface area (Å²) in [6.07, 6.45) is 1.11. The maximum absolute atomic E-state index is 12.2. The number of amides is 1. The maximum atomic E-state index is 12.2. The molecule has 5 nitrogen and oxygen atoms in total. The van der Waals surface area contributed by atoms with E-state index in [1.165, 1.54) is 6.07 Å². The van der Waals surface area contributed by atoms with Gasteiger partial charge in [0.25, 0.3) is 5.91 Å². The molecular weight excluding hydrogens is 282 g/mol. The van der Waals surface area contributed by atoms with Gasteiger partial charge in [-0.3, -0.25) is 4.79 Å². The van der Waals surface area contributed by atoms with Crippen molar-refractivity contribution in [1.82, 2.24) is 4.90 Å². The zero-order chi connectivity index (χ0) is 16.3. The summed E-state index contributed by atoms with van der Waals surface area (Å²) >= 11 is 0. The largest absolute Gasteiger partial charge is 0.507 e. The van der Waals surface area contributed by atoms with Crippen molar-refractivity contribution in [3.63, 3.8) is 0 Å². The molecule has 0 bridgehead atoms. The highest BCUT2D eigenvalue weighted by Crippen LogP contribution is 2.23. The van der Waals surface area contributed by atoms with Crippen LogP contribution in [0.25, 0.3) is 0 Å². The summed E-state index contributed by atoms with van der Waals surface area (Å²) in [4.78, 5) is 25.9. The Morgan fingerprint density at radius 2 is 1.91 bits per heavy atom. The van der Waals surface area contributed by atoms with Crippen LogP contribution in [0.5, 0.6) is 5.75 Å². The summed E-state index contributed by atoms with van der Waals surface area (Å²) in [5.74, 6) is -0.0276. The number of carbonyl (C=O) groups excluding carboxylic acids is 2. The second-order valence-corrected chi connectivity index (χ2v) is 6.29. The molecule has 5 heteroatoms. The van der Waals surface area contributed by atoms with Crippen LogP contribution < -0.4 is 0 Å². The Morgan fingerprint density at radius 1 is 1.27 bits per heavy atom. The molecule has 1 N–H and O–H groups in total. The Balaban J connectivity index is 1.93. The number of phenolic OH excluding ortho intramolecular Hbond substituents is 1. The highest BCUT2D eigenvalue weighted by atomic mass is 16.5. The van der Waals surface area contributed by atoms with E-state index >= 15 is 0 Å². The fourth-order valence-corrected chi connectivity index (χ4v) is 2.99. The van der Waals surface area contributed by atoms with Crippen molar-refractivity contribution < 1.29 is 19.4 Å². The Labute approximate surface area is 130 Å². The Bertz CT molecular complexity index is 560. The predicted molar refractivity (Wildman–Crippen MR) is 82.7 cm³/mol. The Hall–Kier alpha value is -2.04. The average Bonchev–Trinajstić information content (AvgIpc) is 2.46. The molecule has 0 saturated carbocycles. The van der Waals surface area contributed by atoms with E-state index in [0.717, 1.165) is 6.42 Å². The standard InChI is InChI=1S/C17H23NO4/c1-11-7-12(2)9-18(8-11)15(19)10-22-17(21)14-6-4-5-13(3)16(14)20/h4-6,11-12,20H,7-10H2,1-3H3/t11-,12+. The highest BCUT2D eigenvalue weighted by Gasteiger charge is 2.26. The minimum absolute atomic E-state index is 0.0909. The summed E-state index contributed by atoms with van der Waals surface area (Å²) < 4.78 is 5.06. The van der Waals surface area contributed by atoms with Crippen LogP contribution in [0.2, 0.25) is 0 Å². The number of hydrogen-bond acceptors (Lipinski definition) is 4. The number of para-hydroxylation sites is 1. The molecule has 22 heavy (non-hydrogen) atoms. The van der Waals surface area contributed by atoms with E-state index in [9.17, 15) is 14.7 Å². The molecular formula is C17H23NO4. The lowest BCUT2D eigenvalue weighted by Crippen LogP contribution is -2.44. The number of phenols is 1. The monoisotopic (exact) mass is 305 g/mol. The molecule has 2 atom stereocenters. The number of piperidine rings is 1. The van der Waals surface area contributed by atoms with Crippen LogP contribution in [0.4, 0.5) is 0 Å². The first kappa shape index (κ1) is 16.3. The Kier molecular flexibility index (Phi) is 5.06. The number of aryl methyl sites for hydroxylation is 1. The second-order valence-electron chi connectivity index (χ2n) is 6.29. The van der Waals surface area contributed by atoms with E-state index in [2.05, 4.69) is 13.8 Å². The average molecular weight is 305 g/mol. The lowest BCUT2D eigenvalue weighted by Gasteiger charge is -2.34. The highest BCUT2D eigenvalue weighted by molar-refractivity contribution is 5.94. The molecule has 120 valence electrons. The van der Waals surface area contributed by atoms with E-state index in [4.69, 9.17) is 4.74 Å². The first-order valence-corrected chi connectivity index (χ1v) is 7.62. The fourth-order valence-electron chi connectivity index (χ4n) is 2.99. The van der Waals surface area contributed by atoms with Crippen LogP contribution in [0.15, 0.2) is 18.2 Å². The maximum Gasteiger partial charge on any atom is 0.342 e. The number of ether oxygens (including phenoxy) is 1. The summed E-state index contributed by atoms with van der Waals surface area (Å²) in [5.41, 5.74) is 0.688. The van der Waals surface area contributed by atoms with Gasteiger partial charge in [0, 0.05) is 13.1 Å². The second kappa shape index (κ2) is 6.81. The number of carbonyl (C=O) groups is 2. The van der Waals surface area contributed by atoms with Crippen molar-refractivity contribution >= 4 is 11.9 Å². The van der Waals surface area contributed by atoms with Gasteiger partial charge in [0.15, 0.2) is 6.61 Å². The molecule has 1 aliphatic heterocycles. The zero-order valence-corrected chi connectivity index (χ0v) is 13.3. The number of nitrogens with zero attached hydrogens (tertiary/aromatic N) is 1. The molecule has 1 fully saturated rings. The van der Waals surface area contributed by atoms with Crippen molar-refractivity contribution in [1.29, 1.82) is 0 Å². The van der Waals surface area contributed by atoms with Crippen molar-refractivity contribution in [3.8, 4) is 5.75 Å². The van der Waals surface area contributed by atoms with E-state index in [-0.39, 0.29) is 23.8 Å². The third kappa shape index (κ3) is 3.78. The first-order chi connectivity index (χ1) is 10.4. The van der Waals surface area contributed by atoms with Crippen molar-refractivity contribution in [3.05, 3.63) is 29.3 Å². The fraction of sp³-hybridized carbons (Fsp3) is 0.529. The van der Waals surface area contributed by atoms with Gasteiger partial charge >= 0.3 is 5.97 Å². The van der Waals surface area contributed by atoms with Gasteiger partial charge in [-0.25, -0.2) is 4.79 Å². The minimum atomic E-state index is -0.673. The number of esters is 1. The molecule has 1 aromatic carbocycles. The van der Waals surface area contributed by atoms with Crippen molar-refractivity contribution in [2.75, 3.05) is 19.7 Å². The van der Waals surface area contributed by atoms with Crippen molar-refractivity contribution in [2.24, 2.45) is 11.8 Å². The normalized spacial score (nSPS) is 21.5. The number of likely N-dealkylation sites (tertiary alicyclic amines) is 1. The Morgan fingerprint density at radius 3 is 2.55 bits per heavy atom. The molecule has 2 rings (SSSR count). The van der Waals surface area contributed by atoms with E-state index in [0.29, 0.717) is 30.5 Å². The van der Waals surface area contributed by atoms with E-state index in [1.54, 1.807) is 24.0 Å². The van der Waals surface area contributed by atoms with Crippen molar-refractivity contribution in [2.45, 2.75) is 27.2 Å². The summed E-state index contributed by atoms with van der Waals surface area (Å²) in [6, 6.07) is 4.86. The van der Waals surface area contributed by atoms with Crippen LogP contribution in [0.3, 0.4) is 0 Å². The van der Waals surface area contributed by atoms with Gasteiger partial charge in [-0.2, -0.15) is 0 Å². The van der Waals surface area contributed by atoms with Gasteiger partial charge in [-0.15, -0.1) is 0 Å². The van der Waals surface area contributed by atoms with Crippen LogP contribution in [0, 0.1) is 18.8 Å². The molecule has 1 heterocycles. The van der Waals surface area contributed by atoms with Gasteiger partial charge in [0.2, 0.25) is 0 Å². The number of aromatic hydroxyl groups is 1. The molecule has 1 aromatic rings. The van der Waals surface area contributed by atoms with E-state index < -0.39 is 5.97 Å². The molecule has 0 aromatic heterocycles. The topological polar surface area (TPSA) is 66.8 Å². The molecule has 1 aliphatic rings. The quantitative estimate of drug-likeness (QED) is 0.871. The molecule has 0 aliphatic carbocycles. The minimum Gasteiger partial charge on any atom is -0.507 e. The van der Waals surface area contributed by atoms with E-state index in [1.807, 2.05) is 0 Å². The van der Waals surface area contributed by atoms with Crippen LogP contribution in [-0.4, -0.2) is 41.6 Å². The van der Waals surface area contributed by atoms with Crippen LogP contribution >= 0.6 is 0 Å². The molecule has 0 spiro atoms. The lowest BCUT2D eigenvalue weighted by atomic mass is 9.92. The number of hydrogen-bond donors (Lipinski definition) is 1. The van der Waals surface area contributed by atoms with Gasteiger partial charge in [-0.1, -0.05) is 26.0 Å². The van der Waals surface area contributed by atoms with Crippen LogP contribution in [-0.2, 0) is 9.53 Å². The summed E-state index contributed by atoms with van der Waals surface area (Å²) in [7, 11) is 0. The van der Waals surface area contributed by atoms with Gasteiger partial charge in [0.05, 0.1) is 0 Å². The molecule has 1 amide bonds. The summed E-state index contributed by atoms with van der Waals surface area (Å²) in [5, 5.41) is 9.86. The number of benzene rings is 1. The molecule has 0 unspecified atom stereocenters. The van der Waals surface area contributed by atoms with Gasteiger partial charge in [0.1, 0.15) is 11.3 Å². The smallest absolute Gasteiger partial charge is 0.342 e. The zero-order valence-electron chi connectivity index (χ0n) is 13.3. The van der Waals surface area contributed by atoms with Gasteiger partial charge < -0.3 is 14.7 Å². The van der Waals surface area contributed by atoms with Crippen LogP contribution in [0.1, 0.15) is 36.2 Å². The summed E-state index contributed by atoms with van der Waals surface area (Å²) in [6.45, 7) is 7.06. The predicted octanol–water partition coefficient (Wildman–Crippen LogP) is 2.36. The SMILES string of the molecule is Cc1cccc(C(=O)OCC(=O)N2C[C@H](C)C[C@H](C)C2)c1O. The molecule has 1 saturated heterocycles. The lowest BCUT2D eigenvalue weighted by molar-refractivity contribution is -0.137. The first-order valence-electron chi connectivity index (χ1n) is 7.62. The molecule has 0 radical (unpaired) electrons. The van der Waals surface area contributed by atoms with Gasteiger partial charge in [-0.05, 0) is 36.8 Å².